The van der Waals surface area contributed by atoms with Crippen LogP contribution in [0.2, 0.25) is 5.02 Å². The highest BCUT2D eigenvalue weighted by atomic mass is 79.9. The molecular weight excluding hydrogens is 325 g/mol. The van der Waals surface area contributed by atoms with Gasteiger partial charge in [-0.25, -0.2) is 5.06 Å². The highest BCUT2D eigenvalue weighted by molar-refractivity contribution is 9.10. The molecule has 0 atom stereocenters. The largest absolute Gasteiger partial charge is 0.344 e. The Morgan fingerprint density at radius 3 is 2.94 bits per heavy atom. The smallest absolute Gasteiger partial charge is 0.268 e. The van der Waals surface area contributed by atoms with Crippen LogP contribution >= 0.6 is 27.5 Å². The maximum atomic E-state index is 11.7. The van der Waals surface area contributed by atoms with Crippen LogP contribution in [-0.4, -0.2) is 41.6 Å². The number of aromatic nitrogens is 1. The van der Waals surface area contributed by atoms with Crippen LogP contribution in [0.25, 0.3) is 0 Å². The summed E-state index contributed by atoms with van der Waals surface area (Å²) in [6, 6.07) is 1.48. The van der Waals surface area contributed by atoms with Crippen molar-refractivity contribution in [2.45, 2.75) is 6.42 Å². The Morgan fingerprint density at radius 2 is 2.39 bits per heavy atom. The first-order valence-electron chi connectivity index (χ1n) is 5.33. The monoisotopic (exact) mass is 335 g/mol. The van der Waals surface area contributed by atoms with Crippen LogP contribution in [0.4, 0.5) is 0 Å². The zero-order valence-corrected chi connectivity index (χ0v) is 11.7. The molecule has 1 aromatic rings. The molecule has 2 heterocycles. The number of aromatic amines is 1. The van der Waals surface area contributed by atoms with Crippen molar-refractivity contribution in [2.75, 3.05) is 19.7 Å². The van der Waals surface area contributed by atoms with E-state index in [1.807, 2.05) is 0 Å². The van der Waals surface area contributed by atoms with Gasteiger partial charge >= 0.3 is 0 Å². The van der Waals surface area contributed by atoms with Crippen molar-refractivity contribution >= 4 is 39.3 Å². The number of hydrogen-bond acceptors (Lipinski definition) is 3. The second-order valence-corrected chi connectivity index (χ2v) is 4.91. The fourth-order valence-corrected chi connectivity index (χ4v) is 1.99. The Morgan fingerprint density at radius 1 is 1.61 bits per heavy atom. The number of rotatable bonds is 3. The summed E-state index contributed by atoms with van der Waals surface area (Å²) in [6.07, 6.45) is 0.818. The molecule has 98 valence electrons. The minimum absolute atomic E-state index is 0.104. The Labute approximate surface area is 117 Å². The molecule has 0 aromatic carbocycles. The lowest BCUT2D eigenvalue weighted by molar-refractivity contribution is -0.167. The minimum atomic E-state index is -0.393. The van der Waals surface area contributed by atoms with E-state index in [1.54, 1.807) is 0 Å². The van der Waals surface area contributed by atoms with Crippen LogP contribution in [0.5, 0.6) is 0 Å². The van der Waals surface area contributed by atoms with Gasteiger partial charge in [0, 0.05) is 0 Å². The van der Waals surface area contributed by atoms with Crippen molar-refractivity contribution in [3.05, 3.63) is 21.4 Å². The molecule has 0 radical (unpaired) electrons. The summed E-state index contributed by atoms with van der Waals surface area (Å²) >= 11 is 8.94. The number of nitrogens with zero attached hydrogens (tertiary/aromatic N) is 1. The van der Waals surface area contributed by atoms with Gasteiger partial charge in [0.15, 0.2) is 0 Å². The van der Waals surface area contributed by atoms with Gasteiger partial charge in [-0.2, -0.15) is 0 Å². The van der Waals surface area contributed by atoms with Gasteiger partial charge in [-0.15, -0.1) is 0 Å². The van der Waals surface area contributed by atoms with Crippen LogP contribution in [0.15, 0.2) is 10.7 Å². The molecule has 1 saturated heterocycles. The summed E-state index contributed by atoms with van der Waals surface area (Å²) in [5.74, 6) is -0.660. The second-order valence-electron chi connectivity index (χ2n) is 3.71. The van der Waals surface area contributed by atoms with Gasteiger partial charge in [0.2, 0.25) is 0 Å². The van der Waals surface area contributed by atoms with Crippen molar-refractivity contribution in [1.82, 2.24) is 15.4 Å². The standard InChI is InChI=1S/C10H11BrClN3O3/c11-9-6(12)4-7(14-9)10(17)13-5-8(16)15-2-1-3-18-15/h4,14H,1-3,5H2,(H,13,17). The van der Waals surface area contributed by atoms with E-state index in [2.05, 4.69) is 26.2 Å². The van der Waals surface area contributed by atoms with Crippen LogP contribution < -0.4 is 5.32 Å². The van der Waals surface area contributed by atoms with Crippen LogP contribution in [0.1, 0.15) is 16.9 Å². The average molecular weight is 337 g/mol. The Kier molecular flexibility index (Phi) is 4.26. The number of carbonyl (C=O) groups excluding carboxylic acids is 2. The van der Waals surface area contributed by atoms with Crippen LogP contribution in [-0.2, 0) is 9.63 Å². The van der Waals surface area contributed by atoms with E-state index in [-0.39, 0.29) is 12.5 Å². The molecule has 1 aliphatic rings. The fraction of sp³-hybridized carbons (Fsp3) is 0.400. The molecule has 0 bridgehead atoms. The molecule has 1 fully saturated rings. The van der Waals surface area contributed by atoms with Crippen molar-refractivity contribution in [1.29, 1.82) is 0 Å². The highest BCUT2D eigenvalue weighted by Crippen LogP contribution is 2.22. The molecule has 0 aliphatic carbocycles. The van der Waals surface area contributed by atoms with E-state index < -0.39 is 5.91 Å². The van der Waals surface area contributed by atoms with Gasteiger partial charge < -0.3 is 10.3 Å². The number of H-pyrrole nitrogens is 1. The lowest BCUT2D eigenvalue weighted by Gasteiger charge is -2.13. The van der Waals surface area contributed by atoms with Gasteiger partial charge in [-0.05, 0) is 28.4 Å². The third-order valence-electron chi connectivity index (χ3n) is 2.40. The van der Waals surface area contributed by atoms with E-state index >= 15 is 0 Å². The third kappa shape index (κ3) is 3.04. The predicted octanol–water partition coefficient (Wildman–Crippen LogP) is 1.32. The lowest BCUT2D eigenvalue weighted by Crippen LogP contribution is -2.38. The zero-order valence-electron chi connectivity index (χ0n) is 9.33. The third-order valence-corrected chi connectivity index (χ3v) is 3.55. The lowest BCUT2D eigenvalue weighted by atomic mass is 10.4. The van der Waals surface area contributed by atoms with Crippen molar-refractivity contribution in [2.24, 2.45) is 0 Å². The van der Waals surface area contributed by atoms with Gasteiger partial charge in [-0.3, -0.25) is 14.4 Å². The summed E-state index contributed by atoms with van der Waals surface area (Å²) in [7, 11) is 0. The summed E-state index contributed by atoms with van der Waals surface area (Å²) in [5, 5.41) is 4.17. The first-order chi connectivity index (χ1) is 8.58. The molecule has 0 saturated carbocycles. The number of halogens is 2. The molecule has 1 aromatic heterocycles. The molecule has 1 aliphatic heterocycles. The maximum absolute atomic E-state index is 11.7. The topological polar surface area (TPSA) is 74.4 Å². The summed E-state index contributed by atoms with van der Waals surface area (Å²) in [4.78, 5) is 31.1. The van der Waals surface area contributed by atoms with E-state index in [9.17, 15) is 9.59 Å². The Bertz CT molecular complexity index is 451. The van der Waals surface area contributed by atoms with E-state index in [1.165, 1.54) is 11.1 Å². The van der Waals surface area contributed by atoms with Crippen molar-refractivity contribution < 1.29 is 14.4 Å². The molecular formula is C10H11BrClN3O3. The van der Waals surface area contributed by atoms with Crippen molar-refractivity contribution in [3.63, 3.8) is 0 Å². The van der Waals surface area contributed by atoms with Crippen LogP contribution in [0, 0.1) is 0 Å². The predicted molar refractivity (Wildman–Crippen MR) is 68.1 cm³/mol. The van der Waals surface area contributed by atoms with E-state index in [4.69, 9.17) is 16.4 Å². The highest BCUT2D eigenvalue weighted by Gasteiger charge is 2.20. The molecule has 0 unspecified atom stereocenters. The second kappa shape index (κ2) is 5.73. The number of carbonyl (C=O) groups is 2. The number of hydroxylamine groups is 2. The van der Waals surface area contributed by atoms with Gasteiger partial charge in [0.25, 0.3) is 11.8 Å². The molecule has 2 N–H and O–H groups in total. The Balaban J connectivity index is 1.86. The minimum Gasteiger partial charge on any atom is -0.344 e. The molecule has 18 heavy (non-hydrogen) atoms. The van der Waals surface area contributed by atoms with E-state index in [0.29, 0.717) is 28.5 Å². The summed E-state index contributed by atoms with van der Waals surface area (Å²) in [5.41, 5.74) is 0.294. The quantitative estimate of drug-likeness (QED) is 0.874. The van der Waals surface area contributed by atoms with Gasteiger partial charge in [-0.1, -0.05) is 11.6 Å². The van der Waals surface area contributed by atoms with Crippen LogP contribution in [0.3, 0.4) is 0 Å². The fourth-order valence-electron chi connectivity index (χ4n) is 1.51. The average Bonchev–Trinajstić information content (AvgIpc) is 2.97. The summed E-state index contributed by atoms with van der Waals surface area (Å²) in [6.45, 7) is 1.00. The number of nitrogens with one attached hydrogen (secondary N) is 2. The molecule has 2 rings (SSSR count). The summed E-state index contributed by atoms with van der Waals surface area (Å²) < 4.78 is 0.531. The zero-order chi connectivity index (χ0) is 13.1. The Hall–Kier alpha value is -1.05. The first kappa shape index (κ1) is 13.4. The first-order valence-corrected chi connectivity index (χ1v) is 6.50. The van der Waals surface area contributed by atoms with Gasteiger partial charge in [0.1, 0.15) is 10.3 Å². The van der Waals surface area contributed by atoms with Gasteiger partial charge in [0.05, 0.1) is 24.7 Å². The van der Waals surface area contributed by atoms with E-state index in [0.717, 1.165) is 6.42 Å². The SMILES string of the molecule is O=C(NCC(=O)N1CCCO1)c1cc(Cl)c(Br)[nH]1. The molecule has 6 nitrogen and oxygen atoms in total. The molecule has 2 amide bonds. The number of amides is 2. The number of hydrogen-bond donors (Lipinski definition) is 2. The normalized spacial score (nSPS) is 14.9. The van der Waals surface area contributed by atoms with Crippen molar-refractivity contribution in [3.8, 4) is 0 Å². The molecule has 0 spiro atoms. The molecule has 8 heteroatoms. The maximum Gasteiger partial charge on any atom is 0.268 e.